The standard InChI is InChI=1S/C15H20O2/c1-10-6-5-9-13(17-3)14(10)12-8-4-7-11(2)15(12)16/h5-6,9,11-12H,4,7-8H2,1-3H3. The maximum absolute atomic E-state index is 12.3. The molecular weight excluding hydrogens is 212 g/mol. The van der Waals surface area contributed by atoms with E-state index < -0.39 is 0 Å². The Bertz CT molecular complexity index is 423. The smallest absolute Gasteiger partial charge is 0.143 e. The third-order valence-electron chi connectivity index (χ3n) is 3.81. The molecule has 17 heavy (non-hydrogen) atoms. The number of benzene rings is 1. The molecule has 0 aliphatic heterocycles. The molecule has 2 rings (SSSR count). The zero-order valence-corrected chi connectivity index (χ0v) is 10.8. The van der Waals surface area contributed by atoms with Crippen molar-refractivity contribution in [3.63, 3.8) is 0 Å². The Hall–Kier alpha value is -1.31. The molecule has 92 valence electrons. The summed E-state index contributed by atoms with van der Waals surface area (Å²) in [4.78, 5) is 12.3. The Morgan fingerprint density at radius 1 is 1.29 bits per heavy atom. The number of methoxy groups -OCH3 is 1. The van der Waals surface area contributed by atoms with Crippen molar-refractivity contribution in [3.8, 4) is 5.75 Å². The van der Waals surface area contributed by atoms with Crippen LogP contribution >= 0.6 is 0 Å². The van der Waals surface area contributed by atoms with Crippen LogP contribution in [-0.4, -0.2) is 12.9 Å². The molecule has 0 heterocycles. The Balaban J connectivity index is 2.42. The summed E-state index contributed by atoms with van der Waals surface area (Å²) in [6.45, 7) is 4.10. The fourth-order valence-electron chi connectivity index (χ4n) is 2.82. The molecule has 0 radical (unpaired) electrons. The summed E-state index contributed by atoms with van der Waals surface area (Å²) in [6, 6.07) is 5.99. The summed E-state index contributed by atoms with van der Waals surface area (Å²) in [5.74, 6) is 1.47. The molecule has 0 N–H and O–H groups in total. The number of ether oxygens (including phenoxy) is 1. The maximum Gasteiger partial charge on any atom is 0.143 e. The average molecular weight is 232 g/mol. The number of hydrogen-bond donors (Lipinski definition) is 0. The summed E-state index contributed by atoms with van der Waals surface area (Å²) in [7, 11) is 1.68. The van der Waals surface area contributed by atoms with Gasteiger partial charge in [-0.05, 0) is 31.4 Å². The Labute approximate surface area is 103 Å². The molecule has 2 nitrogen and oxygen atoms in total. The lowest BCUT2D eigenvalue weighted by Gasteiger charge is -2.28. The van der Waals surface area contributed by atoms with E-state index in [0.717, 1.165) is 36.1 Å². The second kappa shape index (κ2) is 4.91. The third-order valence-corrected chi connectivity index (χ3v) is 3.81. The monoisotopic (exact) mass is 232 g/mol. The second-order valence-corrected chi connectivity index (χ2v) is 4.98. The predicted molar refractivity (Wildman–Crippen MR) is 68.5 cm³/mol. The molecule has 2 unspecified atom stereocenters. The van der Waals surface area contributed by atoms with Gasteiger partial charge >= 0.3 is 0 Å². The average Bonchev–Trinajstić information content (AvgIpc) is 2.33. The zero-order valence-electron chi connectivity index (χ0n) is 10.8. The van der Waals surface area contributed by atoms with Gasteiger partial charge in [-0.15, -0.1) is 0 Å². The first kappa shape index (κ1) is 12.2. The van der Waals surface area contributed by atoms with E-state index in [9.17, 15) is 4.79 Å². The number of ketones is 1. The van der Waals surface area contributed by atoms with E-state index in [0.29, 0.717) is 5.78 Å². The third kappa shape index (κ3) is 2.21. The highest BCUT2D eigenvalue weighted by molar-refractivity contribution is 5.89. The van der Waals surface area contributed by atoms with Gasteiger partial charge < -0.3 is 4.74 Å². The van der Waals surface area contributed by atoms with Crippen molar-refractivity contribution in [2.45, 2.75) is 39.0 Å². The highest BCUT2D eigenvalue weighted by Crippen LogP contribution is 2.38. The van der Waals surface area contributed by atoms with Crippen molar-refractivity contribution in [2.24, 2.45) is 5.92 Å². The Kier molecular flexibility index (Phi) is 3.51. The fourth-order valence-corrected chi connectivity index (χ4v) is 2.82. The fraction of sp³-hybridized carbons (Fsp3) is 0.533. The predicted octanol–water partition coefficient (Wildman–Crippen LogP) is 3.48. The van der Waals surface area contributed by atoms with Crippen molar-refractivity contribution >= 4 is 5.78 Å². The molecule has 0 aromatic heterocycles. The molecular formula is C15H20O2. The molecule has 1 aliphatic carbocycles. The largest absolute Gasteiger partial charge is 0.496 e. The first-order chi connectivity index (χ1) is 8.15. The van der Waals surface area contributed by atoms with E-state index in [-0.39, 0.29) is 11.8 Å². The van der Waals surface area contributed by atoms with Gasteiger partial charge in [0.2, 0.25) is 0 Å². The number of rotatable bonds is 2. The quantitative estimate of drug-likeness (QED) is 0.780. The van der Waals surface area contributed by atoms with Crippen LogP contribution in [-0.2, 0) is 4.79 Å². The number of carbonyl (C=O) groups excluding carboxylic acids is 1. The van der Waals surface area contributed by atoms with Gasteiger partial charge in [0.1, 0.15) is 11.5 Å². The van der Waals surface area contributed by atoms with Gasteiger partial charge in [0, 0.05) is 17.4 Å². The minimum Gasteiger partial charge on any atom is -0.496 e. The first-order valence-electron chi connectivity index (χ1n) is 6.32. The minimum absolute atomic E-state index is 0.0369. The summed E-state index contributed by atoms with van der Waals surface area (Å²) in [5.41, 5.74) is 2.27. The molecule has 1 aromatic rings. The van der Waals surface area contributed by atoms with Crippen LogP contribution in [0.1, 0.15) is 43.2 Å². The van der Waals surface area contributed by atoms with Gasteiger partial charge in [-0.1, -0.05) is 25.5 Å². The van der Waals surface area contributed by atoms with Crippen molar-refractivity contribution in [2.75, 3.05) is 7.11 Å². The van der Waals surface area contributed by atoms with E-state index >= 15 is 0 Å². The van der Waals surface area contributed by atoms with Gasteiger partial charge in [0.25, 0.3) is 0 Å². The lowest BCUT2D eigenvalue weighted by molar-refractivity contribution is -0.125. The zero-order chi connectivity index (χ0) is 12.4. The van der Waals surface area contributed by atoms with E-state index in [1.807, 2.05) is 19.1 Å². The van der Waals surface area contributed by atoms with Crippen molar-refractivity contribution in [1.29, 1.82) is 0 Å². The van der Waals surface area contributed by atoms with Crippen LogP contribution in [0.5, 0.6) is 5.75 Å². The molecule has 1 fully saturated rings. The van der Waals surface area contributed by atoms with Crippen LogP contribution < -0.4 is 4.74 Å². The molecule has 1 aromatic carbocycles. The van der Waals surface area contributed by atoms with Crippen molar-refractivity contribution in [3.05, 3.63) is 29.3 Å². The van der Waals surface area contributed by atoms with E-state index in [1.165, 1.54) is 0 Å². The summed E-state index contributed by atoms with van der Waals surface area (Å²) < 4.78 is 5.41. The van der Waals surface area contributed by atoms with Crippen LogP contribution in [0.3, 0.4) is 0 Å². The summed E-state index contributed by atoms with van der Waals surface area (Å²) in [5, 5.41) is 0. The van der Waals surface area contributed by atoms with Crippen LogP contribution in [0.15, 0.2) is 18.2 Å². The van der Waals surface area contributed by atoms with E-state index in [2.05, 4.69) is 13.0 Å². The van der Waals surface area contributed by atoms with E-state index in [4.69, 9.17) is 4.74 Å². The van der Waals surface area contributed by atoms with Crippen LogP contribution in [0.4, 0.5) is 0 Å². The lowest BCUT2D eigenvalue weighted by atomic mass is 9.76. The number of carbonyl (C=O) groups is 1. The highest BCUT2D eigenvalue weighted by Gasteiger charge is 2.31. The highest BCUT2D eigenvalue weighted by atomic mass is 16.5. The van der Waals surface area contributed by atoms with Gasteiger partial charge in [-0.3, -0.25) is 4.79 Å². The van der Waals surface area contributed by atoms with Crippen LogP contribution in [0, 0.1) is 12.8 Å². The van der Waals surface area contributed by atoms with Gasteiger partial charge in [-0.2, -0.15) is 0 Å². The molecule has 1 aliphatic rings. The van der Waals surface area contributed by atoms with Gasteiger partial charge in [-0.25, -0.2) is 0 Å². The van der Waals surface area contributed by atoms with Crippen molar-refractivity contribution < 1.29 is 9.53 Å². The normalized spacial score (nSPS) is 24.8. The maximum atomic E-state index is 12.3. The Morgan fingerprint density at radius 3 is 2.76 bits per heavy atom. The molecule has 0 spiro atoms. The molecule has 0 saturated heterocycles. The molecule has 0 amide bonds. The first-order valence-corrected chi connectivity index (χ1v) is 6.32. The molecule has 0 bridgehead atoms. The van der Waals surface area contributed by atoms with Gasteiger partial charge in [0.05, 0.1) is 7.11 Å². The van der Waals surface area contributed by atoms with Crippen LogP contribution in [0.25, 0.3) is 0 Å². The molecule has 2 atom stereocenters. The lowest BCUT2D eigenvalue weighted by Crippen LogP contribution is -2.25. The molecule has 2 heteroatoms. The van der Waals surface area contributed by atoms with Gasteiger partial charge in [0.15, 0.2) is 0 Å². The van der Waals surface area contributed by atoms with Crippen molar-refractivity contribution in [1.82, 2.24) is 0 Å². The molecule has 1 saturated carbocycles. The number of aryl methyl sites for hydroxylation is 1. The number of hydrogen-bond acceptors (Lipinski definition) is 2. The summed E-state index contributed by atoms with van der Waals surface area (Å²) in [6.07, 6.45) is 3.13. The Morgan fingerprint density at radius 2 is 2.06 bits per heavy atom. The summed E-state index contributed by atoms with van der Waals surface area (Å²) >= 11 is 0. The topological polar surface area (TPSA) is 26.3 Å². The minimum atomic E-state index is 0.0369. The van der Waals surface area contributed by atoms with E-state index in [1.54, 1.807) is 7.11 Å². The van der Waals surface area contributed by atoms with Crippen LogP contribution in [0.2, 0.25) is 0 Å². The SMILES string of the molecule is COc1cccc(C)c1C1CCCC(C)C1=O. The number of Topliss-reactive ketones (excluding diaryl/α,β-unsaturated/α-hetero) is 1. The second-order valence-electron chi connectivity index (χ2n) is 4.98.